The summed E-state index contributed by atoms with van der Waals surface area (Å²) in [5, 5.41) is 13.7. The van der Waals surface area contributed by atoms with Crippen LogP contribution in [0.15, 0.2) is 71.9 Å². The lowest BCUT2D eigenvalue weighted by Gasteiger charge is -2.42. The average Bonchev–Trinajstić information content (AvgIpc) is 2.84. The molecule has 0 atom stereocenters. The molecule has 3 aromatic rings. The van der Waals surface area contributed by atoms with Gasteiger partial charge in [0.25, 0.3) is 0 Å². The highest BCUT2D eigenvalue weighted by Gasteiger charge is 2.38. The molecule has 4 rings (SSSR count). The van der Waals surface area contributed by atoms with E-state index in [2.05, 4.69) is 45.0 Å². The molecule has 0 aromatic heterocycles. The molecule has 0 spiro atoms. The number of oxime groups is 1. The van der Waals surface area contributed by atoms with Crippen molar-refractivity contribution in [3.05, 3.63) is 100 Å². The van der Waals surface area contributed by atoms with E-state index < -0.39 is 5.97 Å². The number of carboxylic acid groups (broad SMARTS) is 1. The van der Waals surface area contributed by atoms with Crippen LogP contribution in [0.5, 0.6) is 5.75 Å². The van der Waals surface area contributed by atoms with Gasteiger partial charge in [-0.05, 0) is 64.6 Å². The maximum absolute atomic E-state index is 11.4. The van der Waals surface area contributed by atoms with E-state index in [1.165, 1.54) is 18.2 Å². The predicted molar refractivity (Wildman–Crippen MR) is 139 cm³/mol. The van der Waals surface area contributed by atoms with E-state index in [1.807, 2.05) is 30.3 Å². The Kier molecular flexibility index (Phi) is 6.70. The van der Waals surface area contributed by atoms with Crippen molar-refractivity contribution in [3.8, 4) is 5.75 Å². The Labute approximate surface area is 207 Å². The summed E-state index contributed by atoms with van der Waals surface area (Å²) in [6.45, 7) is 9.57. The fourth-order valence-corrected chi connectivity index (χ4v) is 4.75. The van der Waals surface area contributed by atoms with Crippen LogP contribution in [0.4, 0.5) is 0 Å². The molecule has 0 fully saturated rings. The molecule has 1 aliphatic rings. The Balaban J connectivity index is 1.88. The summed E-state index contributed by atoms with van der Waals surface area (Å²) in [6, 6.07) is 21.1. The minimum absolute atomic E-state index is 0.00289. The van der Waals surface area contributed by atoms with Gasteiger partial charge in [-0.1, -0.05) is 75.3 Å². The smallest absolute Gasteiger partial charge is 0.335 e. The maximum Gasteiger partial charge on any atom is 0.335 e. The van der Waals surface area contributed by atoms with Gasteiger partial charge in [0.05, 0.1) is 5.56 Å². The summed E-state index contributed by atoms with van der Waals surface area (Å²) in [6.07, 6.45) is 2.18. The van der Waals surface area contributed by atoms with Gasteiger partial charge in [0, 0.05) is 11.1 Å². The first kappa shape index (κ1) is 24.5. The average molecular weight is 472 g/mol. The molecule has 35 heavy (non-hydrogen) atoms. The quantitative estimate of drug-likeness (QED) is 0.307. The van der Waals surface area contributed by atoms with Crippen LogP contribution in [0.25, 0.3) is 0 Å². The lowest BCUT2D eigenvalue weighted by atomic mass is 9.62. The number of ether oxygens (including phenoxy) is 1. The van der Waals surface area contributed by atoms with Crippen LogP contribution in [0, 0.1) is 0 Å². The highest BCUT2D eigenvalue weighted by atomic mass is 16.6. The molecule has 1 aliphatic carbocycles. The number of hydrogen-bond donors (Lipinski definition) is 1. The van der Waals surface area contributed by atoms with Crippen LogP contribution in [-0.2, 0) is 22.3 Å². The molecule has 5 nitrogen and oxygen atoms in total. The third-order valence-electron chi connectivity index (χ3n) is 7.03. The lowest BCUT2D eigenvalue weighted by molar-refractivity contribution is 0.0697. The molecular formula is C30H33NO4. The van der Waals surface area contributed by atoms with Crippen LogP contribution < -0.4 is 4.74 Å². The number of aromatic carboxylic acids is 1. The van der Waals surface area contributed by atoms with Crippen LogP contribution in [0.3, 0.4) is 0 Å². The van der Waals surface area contributed by atoms with Crippen molar-refractivity contribution in [1.82, 2.24) is 0 Å². The SMILES string of the molecule is CO/N=C(\c1ccc(C(=O)O)cc1)c1cc2c(cc1OCc1ccccc1)C(C)(C)CCC2(C)C. The molecule has 0 radical (unpaired) electrons. The van der Waals surface area contributed by atoms with Crippen molar-refractivity contribution in [2.24, 2.45) is 5.16 Å². The zero-order valence-corrected chi connectivity index (χ0v) is 21.1. The third-order valence-corrected chi connectivity index (χ3v) is 7.03. The number of hydrogen-bond acceptors (Lipinski definition) is 4. The molecule has 0 heterocycles. The largest absolute Gasteiger partial charge is 0.488 e. The fourth-order valence-electron chi connectivity index (χ4n) is 4.75. The van der Waals surface area contributed by atoms with Crippen LogP contribution in [0.1, 0.15) is 78.7 Å². The van der Waals surface area contributed by atoms with Crippen LogP contribution >= 0.6 is 0 Å². The number of nitrogens with zero attached hydrogens (tertiary/aromatic N) is 1. The topological polar surface area (TPSA) is 68.1 Å². The molecule has 0 bridgehead atoms. The highest BCUT2D eigenvalue weighted by molar-refractivity contribution is 6.14. The Morgan fingerprint density at radius 1 is 0.886 bits per heavy atom. The van der Waals surface area contributed by atoms with Crippen molar-refractivity contribution in [3.63, 3.8) is 0 Å². The van der Waals surface area contributed by atoms with Gasteiger partial charge in [-0.15, -0.1) is 0 Å². The molecule has 0 aliphatic heterocycles. The first-order chi connectivity index (χ1) is 16.6. The lowest BCUT2D eigenvalue weighted by Crippen LogP contribution is -2.34. The van der Waals surface area contributed by atoms with Crippen molar-refractivity contribution < 1.29 is 19.5 Å². The second-order valence-corrected chi connectivity index (χ2v) is 10.4. The molecule has 1 N–H and O–H groups in total. The molecule has 0 unspecified atom stereocenters. The molecule has 5 heteroatoms. The molecular weight excluding hydrogens is 438 g/mol. The second-order valence-electron chi connectivity index (χ2n) is 10.4. The van der Waals surface area contributed by atoms with Gasteiger partial charge < -0.3 is 14.7 Å². The van der Waals surface area contributed by atoms with Gasteiger partial charge in [0.1, 0.15) is 25.2 Å². The fraction of sp³-hybridized carbons (Fsp3) is 0.333. The minimum atomic E-state index is -0.966. The van der Waals surface area contributed by atoms with E-state index in [-0.39, 0.29) is 16.4 Å². The van der Waals surface area contributed by atoms with E-state index in [9.17, 15) is 9.90 Å². The molecule has 0 amide bonds. The Morgan fingerprint density at radius 2 is 1.46 bits per heavy atom. The van der Waals surface area contributed by atoms with Crippen molar-refractivity contribution in [1.29, 1.82) is 0 Å². The maximum atomic E-state index is 11.4. The van der Waals surface area contributed by atoms with Crippen LogP contribution in [-0.4, -0.2) is 23.9 Å². The number of carbonyl (C=O) groups is 1. The zero-order chi connectivity index (χ0) is 25.2. The normalized spacial score (nSPS) is 16.3. The molecule has 0 saturated heterocycles. The summed E-state index contributed by atoms with van der Waals surface area (Å²) < 4.78 is 6.43. The molecule has 3 aromatic carbocycles. The van der Waals surface area contributed by atoms with E-state index in [0.717, 1.165) is 35.3 Å². The number of fused-ring (bicyclic) bond motifs is 1. The summed E-state index contributed by atoms with van der Waals surface area (Å²) in [5.74, 6) is -0.233. The minimum Gasteiger partial charge on any atom is -0.488 e. The molecule has 0 saturated carbocycles. The van der Waals surface area contributed by atoms with E-state index in [1.54, 1.807) is 24.3 Å². The van der Waals surface area contributed by atoms with Gasteiger partial charge in [0.2, 0.25) is 0 Å². The van der Waals surface area contributed by atoms with E-state index in [4.69, 9.17) is 9.57 Å². The first-order valence-corrected chi connectivity index (χ1v) is 11.9. The van der Waals surface area contributed by atoms with Gasteiger partial charge in [-0.3, -0.25) is 0 Å². The Hall–Kier alpha value is -3.60. The Bertz CT molecular complexity index is 1240. The summed E-state index contributed by atoms with van der Waals surface area (Å²) in [4.78, 5) is 16.6. The van der Waals surface area contributed by atoms with E-state index in [0.29, 0.717) is 12.3 Å². The van der Waals surface area contributed by atoms with Gasteiger partial charge in [-0.2, -0.15) is 0 Å². The van der Waals surface area contributed by atoms with Crippen molar-refractivity contribution in [2.75, 3.05) is 7.11 Å². The van der Waals surface area contributed by atoms with Crippen molar-refractivity contribution >= 4 is 11.7 Å². The third kappa shape index (κ3) is 5.09. The summed E-state index contributed by atoms with van der Waals surface area (Å²) in [5.41, 5.74) is 6.09. The van der Waals surface area contributed by atoms with Crippen LogP contribution in [0.2, 0.25) is 0 Å². The second kappa shape index (κ2) is 9.57. The highest BCUT2D eigenvalue weighted by Crippen LogP contribution is 2.48. The standard InChI is InChI=1S/C30H33NO4/c1-29(2)15-16-30(3,4)25-18-26(35-19-20-9-7-6-8-10-20)23(17-24(25)29)27(31-34-5)21-11-13-22(14-12-21)28(32)33/h6-14,17-18H,15-16,19H2,1-5H3,(H,32,33)/b31-27+. The summed E-state index contributed by atoms with van der Waals surface area (Å²) in [7, 11) is 1.52. The number of benzene rings is 3. The zero-order valence-electron chi connectivity index (χ0n) is 21.1. The van der Waals surface area contributed by atoms with E-state index >= 15 is 0 Å². The van der Waals surface area contributed by atoms with Crippen molar-refractivity contribution in [2.45, 2.75) is 58.0 Å². The number of rotatable bonds is 7. The summed E-state index contributed by atoms with van der Waals surface area (Å²) >= 11 is 0. The Morgan fingerprint density at radius 3 is 2.03 bits per heavy atom. The van der Waals surface area contributed by atoms with Gasteiger partial charge in [-0.25, -0.2) is 4.79 Å². The first-order valence-electron chi connectivity index (χ1n) is 11.9. The monoisotopic (exact) mass is 471 g/mol. The van der Waals surface area contributed by atoms with Gasteiger partial charge in [0.15, 0.2) is 0 Å². The van der Waals surface area contributed by atoms with Gasteiger partial charge >= 0.3 is 5.97 Å². The number of carboxylic acids is 1. The predicted octanol–water partition coefficient (Wildman–Crippen LogP) is 6.71. The molecule has 182 valence electrons.